The normalized spacial score (nSPS) is 16.5. The van der Waals surface area contributed by atoms with E-state index in [1.807, 2.05) is 27.0 Å². The van der Waals surface area contributed by atoms with Gasteiger partial charge in [-0.05, 0) is 32.8 Å². The number of rotatable bonds is 2. The van der Waals surface area contributed by atoms with Crippen LogP contribution in [0.25, 0.3) is 22.5 Å². The summed E-state index contributed by atoms with van der Waals surface area (Å²) >= 11 is 0. The zero-order valence-electron chi connectivity index (χ0n) is 14.0. The molecule has 3 aromatic heterocycles. The molecule has 0 bridgehead atoms. The quantitative estimate of drug-likeness (QED) is 0.765. The second-order valence-electron chi connectivity index (χ2n) is 6.49. The summed E-state index contributed by atoms with van der Waals surface area (Å²) in [7, 11) is 1.89. The predicted octanol–water partition coefficient (Wildman–Crippen LogP) is 2.78. The summed E-state index contributed by atoms with van der Waals surface area (Å²) in [6, 6.07) is 2.02. The Bertz CT molecular complexity index is 893. The van der Waals surface area contributed by atoms with E-state index in [0.29, 0.717) is 11.7 Å². The van der Waals surface area contributed by atoms with Crippen molar-refractivity contribution in [2.45, 2.75) is 45.1 Å². The Balaban J connectivity index is 0.00000169. The zero-order valence-corrected chi connectivity index (χ0v) is 14.9. The SMILES string of the molecule is Cc1nc2c(cc1-c1nc(C3(N)CCCC3)no1)c(C)nn2C.Cl. The molecule has 1 aliphatic rings. The van der Waals surface area contributed by atoms with Crippen LogP contribution >= 0.6 is 12.4 Å². The van der Waals surface area contributed by atoms with Crippen LogP contribution < -0.4 is 5.73 Å². The van der Waals surface area contributed by atoms with Crippen LogP contribution in [0.5, 0.6) is 0 Å². The lowest BCUT2D eigenvalue weighted by Gasteiger charge is -2.17. The van der Waals surface area contributed by atoms with Gasteiger partial charge in [0.05, 0.1) is 22.5 Å². The lowest BCUT2D eigenvalue weighted by molar-refractivity contribution is 0.372. The fourth-order valence-corrected chi connectivity index (χ4v) is 3.41. The van der Waals surface area contributed by atoms with Gasteiger partial charge in [0.25, 0.3) is 5.89 Å². The van der Waals surface area contributed by atoms with Gasteiger partial charge >= 0.3 is 0 Å². The molecular formula is C16H21ClN6O. The first kappa shape index (κ1) is 16.9. The summed E-state index contributed by atoms with van der Waals surface area (Å²) in [6.07, 6.45) is 4.04. The van der Waals surface area contributed by atoms with E-state index in [4.69, 9.17) is 10.3 Å². The Morgan fingerprint density at radius 1 is 1.17 bits per heavy atom. The van der Waals surface area contributed by atoms with Crippen LogP contribution in [0.1, 0.15) is 42.9 Å². The maximum atomic E-state index is 6.41. The third-order valence-corrected chi connectivity index (χ3v) is 4.79. The first-order valence-corrected chi connectivity index (χ1v) is 7.92. The van der Waals surface area contributed by atoms with Gasteiger partial charge in [0.1, 0.15) is 0 Å². The third kappa shape index (κ3) is 2.48. The van der Waals surface area contributed by atoms with E-state index in [9.17, 15) is 0 Å². The second-order valence-corrected chi connectivity index (χ2v) is 6.49. The van der Waals surface area contributed by atoms with Gasteiger partial charge in [-0.15, -0.1) is 12.4 Å². The molecule has 7 nitrogen and oxygen atoms in total. The van der Waals surface area contributed by atoms with Gasteiger partial charge in [0, 0.05) is 12.4 Å². The highest BCUT2D eigenvalue weighted by Gasteiger charge is 2.36. The number of aromatic nitrogens is 5. The van der Waals surface area contributed by atoms with Crippen molar-refractivity contribution >= 4 is 23.4 Å². The van der Waals surface area contributed by atoms with Crippen LogP contribution in [0.2, 0.25) is 0 Å². The maximum absolute atomic E-state index is 6.41. The van der Waals surface area contributed by atoms with Crippen LogP contribution in [0.15, 0.2) is 10.6 Å². The molecule has 0 saturated heterocycles. The largest absolute Gasteiger partial charge is 0.334 e. The Morgan fingerprint density at radius 3 is 2.58 bits per heavy atom. The number of hydrogen-bond acceptors (Lipinski definition) is 6. The molecule has 1 fully saturated rings. The molecule has 8 heteroatoms. The molecule has 1 saturated carbocycles. The van der Waals surface area contributed by atoms with Crippen LogP contribution in [-0.4, -0.2) is 24.9 Å². The molecule has 0 radical (unpaired) electrons. The molecule has 4 rings (SSSR count). The third-order valence-electron chi connectivity index (χ3n) is 4.79. The van der Waals surface area contributed by atoms with Gasteiger partial charge in [-0.1, -0.05) is 18.0 Å². The zero-order chi connectivity index (χ0) is 16.2. The van der Waals surface area contributed by atoms with Crippen LogP contribution in [-0.2, 0) is 12.6 Å². The second kappa shape index (κ2) is 5.82. The molecular weight excluding hydrogens is 328 g/mol. The number of hydrogen-bond donors (Lipinski definition) is 1. The topological polar surface area (TPSA) is 95.7 Å². The summed E-state index contributed by atoms with van der Waals surface area (Å²) in [6.45, 7) is 3.91. The molecule has 3 aromatic rings. The van der Waals surface area contributed by atoms with Gasteiger partial charge in [0.15, 0.2) is 11.5 Å². The number of nitrogens with two attached hydrogens (primary N) is 1. The van der Waals surface area contributed by atoms with Crippen molar-refractivity contribution in [1.82, 2.24) is 24.9 Å². The molecule has 0 amide bonds. The van der Waals surface area contributed by atoms with Crippen LogP contribution in [0.3, 0.4) is 0 Å². The summed E-state index contributed by atoms with van der Waals surface area (Å²) < 4.78 is 7.28. The van der Waals surface area contributed by atoms with Crippen molar-refractivity contribution < 1.29 is 4.52 Å². The van der Waals surface area contributed by atoms with E-state index in [0.717, 1.165) is 53.7 Å². The van der Waals surface area contributed by atoms with E-state index in [1.54, 1.807) is 4.68 Å². The molecule has 0 aromatic carbocycles. The Morgan fingerprint density at radius 2 is 1.88 bits per heavy atom. The van der Waals surface area contributed by atoms with Crippen molar-refractivity contribution in [3.05, 3.63) is 23.3 Å². The van der Waals surface area contributed by atoms with Crippen molar-refractivity contribution in [1.29, 1.82) is 0 Å². The average molecular weight is 349 g/mol. The minimum absolute atomic E-state index is 0. The van der Waals surface area contributed by atoms with Crippen LogP contribution in [0.4, 0.5) is 0 Å². The monoisotopic (exact) mass is 348 g/mol. The Kier molecular flexibility index (Phi) is 4.09. The maximum Gasteiger partial charge on any atom is 0.259 e. The van der Waals surface area contributed by atoms with Gasteiger partial charge in [0.2, 0.25) is 0 Å². The fraction of sp³-hybridized carbons (Fsp3) is 0.500. The van der Waals surface area contributed by atoms with Gasteiger partial charge < -0.3 is 10.3 Å². The summed E-state index contributed by atoms with van der Waals surface area (Å²) in [4.78, 5) is 9.21. The summed E-state index contributed by atoms with van der Waals surface area (Å²) in [5.41, 5.74) is 9.44. The predicted molar refractivity (Wildman–Crippen MR) is 92.9 cm³/mol. The van der Waals surface area contributed by atoms with Crippen molar-refractivity contribution in [3.63, 3.8) is 0 Å². The number of nitrogens with zero attached hydrogens (tertiary/aromatic N) is 5. The highest BCUT2D eigenvalue weighted by molar-refractivity contribution is 5.85. The number of halogens is 1. The average Bonchev–Trinajstić information content (AvgIpc) is 3.21. The van der Waals surface area contributed by atoms with Crippen molar-refractivity contribution in [2.75, 3.05) is 0 Å². The fourth-order valence-electron chi connectivity index (χ4n) is 3.41. The number of fused-ring (bicyclic) bond motifs is 1. The van der Waals surface area contributed by atoms with E-state index >= 15 is 0 Å². The van der Waals surface area contributed by atoms with Gasteiger partial charge in [-0.25, -0.2) is 4.98 Å². The molecule has 0 unspecified atom stereocenters. The van der Waals surface area contributed by atoms with E-state index in [2.05, 4.69) is 20.2 Å². The molecule has 2 N–H and O–H groups in total. The lowest BCUT2D eigenvalue weighted by Crippen LogP contribution is -2.34. The molecule has 3 heterocycles. The smallest absolute Gasteiger partial charge is 0.259 e. The first-order chi connectivity index (χ1) is 11.0. The minimum atomic E-state index is -0.447. The summed E-state index contributed by atoms with van der Waals surface area (Å²) in [5, 5.41) is 9.54. The molecule has 1 aliphatic carbocycles. The molecule has 0 spiro atoms. The highest BCUT2D eigenvalue weighted by Crippen LogP contribution is 2.36. The first-order valence-electron chi connectivity index (χ1n) is 7.92. The van der Waals surface area contributed by atoms with Crippen LogP contribution in [0, 0.1) is 13.8 Å². The van der Waals surface area contributed by atoms with Crippen molar-refractivity contribution in [2.24, 2.45) is 12.8 Å². The highest BCUT2D eigenvalue weighted by atomic mass is 35.5. The van der Waals surface area contributed by atoms with Gasteiger partial charge in [-0.2, -0.15) is 10.1 Å². The van der Waals surface area contributed by atoms with Gasteiger partial charge in [-0.3, -0.25) is 4.68 Å². The number of pyridine rings is 1. The molecule has 128 valence electrons. The molecule has 0 aliphatic heterocycles. The van der Waals surface area contributed by atoms with E-state index < -0.39 is 5.54 Å². The Labute approximate surface area is 146 Å². The van der Waals surface area contributed by atoms with E-state index in [1.165, 1.54) is 0 Å². The standard InChI is InChI=1S/C16H20N6O.ClH/c1-9-12(8-11-10(2)20-22(3)13(11)18-9)14-19-15(21-23-14)16(17)6-4-5-7-16;/h8H,4-7,17H2,1-3H3;1H. The van der Waals surface area contributed by atoms with E-state index in [-0.39, 0.29) is 12.4 Å². The van der Waals surface area contributed by atoms with Crippen molar-refractivity contribution in [3.8, 4) is 11.5 Å². The lowest BCUT2D eigenvalue weighted by atomic mass is 9.98. The Hall–Kier alpha value is -1.99. The minimum Gasteiger partial charge on any atom is -0.334 e. The number of aryl methyl sites for hydroxylation is 3. The molecule has 0 atom stereocenters. The molecule has 24 heavy (non-hydrogen) atoms. The summed E-state index contributed by atoms with van der Waals surface area (Å²) in [5.74, 6) is 1.08.